The van der Waals surface area contributed by atoms with E-state index in [1.54, 1.807) is 11.8 Å². The summed E-state index contributed by atoms with van der Waals surface area (Å²) < 4.78 is 5.22. The third-order valence-corrected chi connectivity index (χ3v) is 6.85. The van der Waals surface area contributed by atoms with Gasteiger partial charge >= 0.3 is 5.97 Å². The number of cyclic esters (lactones) is 1. The summed E-state index contributed by atoms with van der Waals surface area (Å²) in [4.78, 5) is 22.0. The zero-order valence-electron chi connectivity index (χ0n) is 15.5. The molecule has 1 aromatic carbocycles. The zero-order chi connectivity index (χ0) is 18.4. The molecule has 0 N–H and O–H groups in total. The number of aromatic nitrogens is 1. The van der Waals surface area contributed by atoms with Gasteiger partial charge in [0.25, 0.3) is 0 Å². The Balaban J connectivity index is 1.48. The summed E-state index contributed by atoms with van der Waals surface area (Å²) in [7, 11) is 0. The summed E-state index contributed by atoms with van der Waals surface area (Å²) in [5.41, 5.74) is 6.42. The first-order valence-corrected chi connectivity index (χ1v) is 10.6. The largest absolute Gasteiger partial charge is 0.457 e. The number of ether oxygens (including phenoxy) is 1. The molecule has 0 saturated heterocycles. The molecule has 0 bridgehead atoms. The van der Waals surface area contributed by atoms with E-state index in [-0.39, 0.29) is 11.5 Å². The van der Waals surface area contributed by atoms with Gasteiger partial charge in [0.1, 0.15) is 11.6 Å². The number of pyridine rings is 1. The number of aliphatic imine (C=N–C) groups is 1. The first-order chi connectivity index (χ1) is 13.1. The second-order valence-electron chi connectivity index (χ2n) is 7.79. The van der Waals surface area contributed by atoms with Crippen LogP contribution in [0.4, 0.5) is 0 Å². The molecule has 1 saturated carbocycles. The lowest BCUT2D eigenvalue weighted by molar-refractivity contribution is 0.0532. The van der Waals surface area contributed by atoms with E-state index in [0.717, 1.165) is 34.2 Å². The molecule has 4 nitrogen and oxygen atoms in total. The van der Waals surface area contributed by atoms with Crippen LogP contribution in [-0.4, -0.2) is 28.0 Å². The predicted octanol–water partition coefficient (Wildman–Crippen LogP) is 4.51. The van der Waals surface area contributed by atoms with Crippen molar-refractivity contribution < 1.29 is 9.53 Å². The minimum Gasteiger partial charge on any atom is -0.457 e. The molecule has 2 aliphatic heterocycles. The molecule has 2 aromatic rings. The van der Waals surface area contributed by atoms with Gasteiger partial charge in [-0.2, -0.15) is 0 Å². The Hall–Kier alpha value is -2.14. The van der Waals surface area contributed by atoms with Crippen molar-refractivity contribution in [3.63, 3.8) is 0 Å². The number of esters is 1. The maximum absolute atomic E-state index is 12.1. The molecule has 0 amide bonds. The number of hydrogen-bond donors (Lipinski definition) is 0. The van der Waals surface area contributed by atoms with Gasteiger partial charge in [-0.1, -0.05) is 48.9 Å². The molecule has 1 fully saturated rings. The summed E-state index contributed by atoms with van der Waals surface area (Å²) in [5.74, 6) is 0.479. The van der Waals surface area contributed by atoms with E-state index < -0.39 is 0 Å². The molecule has 1 aromatic heterocycles. The van der Waals surface area contributed by atoms with Crippen LogP contribution >= 0.6 is 11.8 Å². The summed E-state index contributed by atoms with van der Waals surface area (Å²) in [6.07, 6.45) is 5.96. The lowest BCUT2D eigenvalue weighted by atomic mass is 9.83. The smallest absolute Gasteiger partial charge is 0.341 e. The molecule has 0 atom stereocenters. The maximum atomic E-state index is 12.1. The van der Waals surface area contributed by atoms with Crippen molar-refractivity contribution in [3.8, 4) is 0 Å². The lowest BCUT2D eigenvalue weighted by Crippen LogP contribution is -2.33. The van der Waals surface area contributed by atoms with E-state index in [1.807, 2.05) is 13.0 Å². The highest BCUT2D eigenvalue weighted by Crippen LogP contribution is 2.41. The van der Waals surface area contributed by atoms with Gasteiger partial charge in [0.2, 0.25) is 0 Å². The van der Waals surface area contributed by atoms with Crippen LogP contribution in [0.25, 0.3) is 0 Å². The van der Waals surface area contributed by atoms with E-state index in [4.69, 9.17) is 9.73 Å². The van der Waals surface area contributed by atoms with Crippen LogP contribution in [0.5, 0.6) is 0 Å². The standard InChI is InChI=1S/C22H22N2O2S/c1-14-10-16-12-26-21(25)19(16)20(23-14)27-13-18-17-7-3-2-6-15(17)11-22(24-18)8-4-5-9-22/h2-3,6-7,10H,4-5,8-9,11-13H2,1H3. The normalized spacial score (nSPS) is 19.6. The molecular formula is C22H22N2O2S. The first kappa shape index (κ1) is 17.0. The summed E-state index contributed by atoms with van der Waals surface area (Å²) >= 11 is 1.61. The lowest BCUT2D eigenvalue weighted by Gasteiger charge is -2.32. The molecule has 0 unspecified atom stereocenters. The van der Waals surface area contributed by atoms with Gasteiger partial charge in [-0.15, -0.1) is 0 Å². The van der Waals surface area contributed by atoms with Gasteiger partial charge in [0.15, 0.2) is 0 Å². The Morgan fingerprint density at radius 3 is 2.85 bits per heavy atom. The third kappa shape index (κ3) is 2.98. The predicted molar refractivity (Wildman–Crippen MR) is 107 cm³/mol. The number of rotatable bonds is 3. The highest BCUT2D eigenvalue weighted by Gasteiger charge is 2.37. The van der Waals surface area contributed by atoms with E-state index >= 15 is 0 Å². The Morgan fingerprint density at radius 2 is 2.00 bits per heavy atom. The van der Waals surface area contributed by atoms with Crippen molar-refractivity contribution in [1.29, 1.82) is 0 Å². The third-order valence-electron chi connectivity index (χ3n) is 5.86. The van der Waals surface area contributed by atoms with Gasteiger partial charge < -0.3 is 4.74 Å². The number of thioether (sulfide) groups is 1. The Kier molecular flexibility index (Phi) is 4.08. The molecule has 27 heavy (non-hydrogen) atoms. The number of benzene rings is 1. The summed E-state index contributed by atoms with van der Waals surface area (Å²) in [6.45, 7) is 2.33. The van der Waals surface area contributed by atoms with Crippen LogP contribution in [0.2, 0.25) is 0 Å². The van der Waals surface area contributed by atoms with Crippen molar-refractivity contribution in [3.05, 3.63) is 58.3 Å². The van der Waals surface area contributed by atoms with Gasteiger partial charge in [-0.05, 0) is 43.4 Å². The van der Waals surface area contributed by atoms with Crippen LogP contribution in [0, 0.1) is 6.92 Å². The first-order valence-electron chi connectivity index (χ1n) is 9.61. The van der Waals surface area contributed by atoms with Crippen LogP contribution in [0.3, 0.4) is 0 Å². The number of fused-ring (bicyclic) bond motifs is 2. The Labute approximate surface area is 163 Å². The summed E-state index contributed by atoms with van der Waals surface area (Å²) in [6, 6.07) is 10.6. The highest BCUT2D eigenvalue weighted by atomic mass is 32.2. The van der Waals surface area contributed by atoms with Crippen molar-refractivity contribution >= 4 is 23.4 Å². The van der Waals surface area contributed by atoms with E-state index in [1.165, 1.54) is 36.8 Å². The molecule has 138 valence electrons. The average Bonchev–Trinajstić information content (AvgIpc) is 3.26. The topological polar surface area (TPSA) is 51.5 Å². The molecule has 0 radical (unpaired) electrons. The minimum atomic E-state index is -0.252. The molecule has 3 aliphatic rings. The zero-order valence-corrected chi connectivity index (χ0v) is 16.3. The van der Waals surface area contributed by atoms with Gasteiger partial charge in [-0.3, -0.25) is 4.99 Å². The SMILES string of the molecule is Cc1cc2c(c(SCC3=NC4(CCCC4)Cc4ccccc43)n1)C(=O)OC2. The van der Waals surface area contributed by atoms with Crippen molar-refractivity contribution in [2.75, 3.05) is 5.75 Å². The molecule has 5 heteroatoms. The molecule has 5 rings (SSSR count). The second-order valence-corrected chi connectivity index (χ2v) is 8.76. The molecule has 1 spiro atoms. The van der Waals surface area contributed by atoms with Crippen LogP contribution in [0.1, 0.15) is 58.4 Å². The van der Waals surface area contributed by atoms with Crippen molar-refractivity contribution in [2.45, 2.75) is 56.2 Å². The van der Waals surface area contributed by atoms with Crippen LogP contribution in [0.15, 0.2) is 40.4 Å². The average molecular weight is 378 g/mol. The van der Waals surface area contributed by atoms with E-state index in [2.05, 4.69) is 29.2 Å². The van der Waals surface area contributed by atoms with Crippen molar-refractivity contribution in [1.82, 2.24) is 4.98 Å². The van der Waals surface area contributed by atoms with Crippen LogP contribution in [-0.2, 0) is 17.8 Å². The number of nitrogens with zero attached hydrogens (tertiary/aromatic N) is 2. The molecular weight excluding hydrogens is 356 g/mol. The number of hydrogen-bond acceptors (Lipinski definition) is 5. The number of carbonyl (C=O) groups excluding carboxylic acids is 1. The van der Waals surface area contributed by atoms with Crippen molar-refractivity contribution in [2.24, 2.45) is 4.99 Å². The van der Waals surface area contributed by atoms with E-state index in [9.17, 15) is 4.79 Å². The number of carbonyl (C=O) groups is 1. The van der Waals surface area contributed by atoms with Gasteiger partial charge in [-0.25, -0.2) is 9.78 Å². The molecule has 1 aliphatic carbocycles. The van der Waals surface area contributed by atoms with Gasteiger partial charge in [0.05, 0.1) is 16.8 Å². The van der Waals surface area contributed by atoms with Crippen LogP contribution < -0.4 is 0 Å². The molecule has 3 heterocycles. The maximum Gasteiger partial charge on any atom is 0.341 e. The van der Waals surface area contributed by atoms with E-state index in [0.29, 0.717) is 12.2 Å². The Bertz CT molecular complexity index is 961. The van der Waals surface area contributed by atoms with Gasteiger partial charge in [0, 0.05) is 17.0 Å². The quantitative estimate of drug-likeness (QED) is 0.582. The fourth-order valence-electron chi connectivity index (χ4n) is 4.63. The fourth-order valence-corrected chi connectivity index (χ4v) is 5.69. The monoisotopic (exact) mass is 378 g/mol. The summed E-state index contributed by atoms with van der Waals surface area (Å²) in [5, 5.41) is 0.777. The Morgan fingerprint density at radius 1 is 1.19 bits per heavy atom. The minimum absolute atomic E-state index is 0.0885. The second kappa shape index (κ2) is 6.48. The highest BCUT2D eigenvalue weighted by molar-refractivity contribution is 8.00. The number of aryl methyl sites for hydroxylation is 1. The fraction of sp³-hybridized carbons (Fsp3) is 0.409.